The first-order valence-corrected chi connectivity index (χ1v) is 5.61. The van der Waals surface area contributed by atoms with Gasteiger partial charge in [0.15, 0.2) is 5.65 Å². The van der Waals surface area contributed by atoms with Gasteiger partial charge in [-0.25, -0.2) is 13.8 Å². The van der Waals surface area contributed by atoms with Crippen LogP contribution in [0.3, 0.4) is 0 Å². The van der Waals surface area contributed by atoms with Gasteiger partial charge in [0.1, 0.15) is 11.6 Å². The van der Waals surface area contributed by atoms with Crippen LogP contribution >= 0.6 is 11.6 Å². The molecule has 0 fully saturated rings. The average Bonchev–Trinajstić information content (AvgIpc) is 2.73. The van der Waals surface area contributed by atoms with Crippen molar-refractivity contribution in [3.63, 3.8) is 0 Å². The minimum absolute atomic E-state index is 0.419. The largest absolute Gasteiger partial charge is 0.298 e. The molecule has 90 valence electrons. The van der Waals surface area contributed by atoms with Gasteiger partial charge in [0.25, 0.3) is 0 Å². The molecule has 3 rings (SSSR count). The fourth-order valence-electron chi connectivity index (χ4n) is 1.89. The van der Waals surface area contributed by atoms with Gasteiger partial charge in [-0.2, -0.15) is 0 Å². The number of hydrogen-bond acceptors (Lipinski definition) is 1. The van der Waals surface area contributed by atoms with E-state index in [1.54, 1.807) is 22.7 Å². The quantitative estimate of drug-likeness (QED) is 0.651. The molecule has 0 saturated carbocycles. The van der Waals surface area contributed by atoms with E-state index < -0.39 is 11.6 Å². The molecule has 0 bridgehead atoms. The number of benzene rings is 1. The first-order valence-electron chi connectivity index (χ1n) is 5.23. The third-order valence-corrected chi connectivity index (χ3v) is 2.94. The molecule has 0 amide bonds. The Bertz CT molecular complexity index is 717. The topological polar surface area (TPSA) is 17.3 Å². The maximum atomic E-state index is 13.2. The van der Waals surface area contributed by atoms with Gasteiger partial charge in [-0.05, 0) is 24.3 Å². The first-order chi connectivity index (χ1) is 8.65. The number of nitrogens with zero attached hydrogens (tertiary/aromatic N) is 2. The number of halogens is 3. The highest BCUT2D eigenvalue weighted by Gasteiger charge is 2.10. The smallest absolute Gasteiger partial charge is 0.156 e. The lowest BCUT2D eigenvalue weighted by molar-refractivity contribution is 0.584. The van der Waals surface area contributed by atoms with Gasteiger partial charge in [0.05, 0.1) is 16.9 Å². The minimum atomic E-state index is -0.623. The molecular weight excluding hydrogens is 258 g/mol. The number of fused-ring (bicyclic) bond motifs is 1. The summed E-state index contributed by atoms with van der Waals surface area (Å²) in [5.41, 5.74) is 1.56. The van der Waals surface area contributed by atoms with Gasteiger partial charge in [-0.1, -0.05) is 11.6 Å². The number of aromatic nitrogens is 2. The molecule has 1 aromatic carbocycles. The summed E-state index contributed by atoms with van der Waals surface area (Å²) in [7, 11) is 0. The summed E-state index contributed by atoms with van der Waals surface area (Å²) >= 11 is 5.99. The summed E-state index contributed by atoms with van der Waals surface area (Å²) in [4.78, 5) is 4.14. The Morgan fingerprint density at radius 1 is 1.11 bits per heavy atom. The van der Waals surface area contributed by atoms with Crippen LogP contribution < -0.4 is 0 Å². The van der Waals surface area contributed by atoms with Crippen LogP contribution in [0.5, 0.6) is 0 Å². The van der Waals surface area contributed by atoms with Crippen molar-refractivity contribution in [1.29, 1.82) is 0 Å². The Labute approximate surface area is 106 Å². The molecule has 18 heavy (non-hydrogen) atoms. The van der Waals surface area contributed by atoms with E-state index in [4.69, 9.17) is 11.6 Å². The molecule has 3 aromatic rings. The van der Waals surface area contributed by atoms with E-state index in [9.17, 15) is 8.78 Å². The lowest BCUT2D eigenvalue weighted by Crippen LogP contribution is -1.90. The van der Waals surface area contributed by atoms with Crippen LogP contribution in [0.25, 0.3) is 16.9 Å². The molecule has 0 aliphatic heterocycles. The second kappa shape index (κ2) is 4.07. The van der Waals surface area contributed by atoms with E-state index in [2.05, 4.69) is 4.98 Å². The van der Waals surface area contributed by atoms with Crippen LogP contribution in [-0.2, 0) is 0 Å². The van der Waals surface area contributed by atoms with Crippen molar-refractivity contribution in [2.24, 2.45) is 0 Å². The van der Waals surface area contributed by atoms with Crippen LogP contribution in [0.15, 0.2) is 42.7 Å². The molecule has 2 nitrogen and oxygen atoms in total. The van der Waals surface area contributed by atoms with Gasteiger partial charge in [-0.3, -0.25) is 4.40 Å². The molecule has 2 aromatic heterocycles. The molecule has 0 unspecified atom stereocenters. The predicted octanol–water partition coefficient (Wildman–Crippen LogP) is 3.93. The fraction of sp³-hybridized carbons (Fsp3) is 0. The lowest BCUT2D eigenvalue weighted by atomic mass is 10.1. The van der Waals surface area contributed by atoms with Crippen LogP contribution in [0.2, 0.25) is 5.02 Å². The highest BCUT2D eigenvalue weighted by Crippen LogP contribution is 2.25. The summed E-state index contributed by atoms with van der Waals surface area (Å²) < 4.78 is 28.1. The Kier molecular flexibility index (Phi) is 2.52. The molecule has 0 N–H and O–H groups in total. The van der Waals surface area contributed by atoms with Crippen molar-refractivity contribution < 1.29 is 8.78 Å². The molecule has 0 saturated heterocycles. The van der Waals surface area contributed by atoms with Crippen LogP contribution in [0, 0.1) is 11.6 Å². The number of imidazole rings is 1. The van der Waals surface area contributed by atoms with Crippen molar-refractivity contribution in [1.82, 2.24) is 9.38 Å². The van der Waals surface area contributed by atoms with Gasteiger partial charge in [-0.15, -0.1) is 0 Å². The predicted molar refractivity (Wildman–Crippen MR) is 65.6 cm³/mol. The van der Waals surface area contributed by atoms with E-state index in [-0.39, 0.29) is 0 Å². The van der Waals surface area contributed by atoms with E-state index in [0.717, 1.165) is 6.07 Å². The minimum Gasteiger partial charge on any atom is -0.298 e. The van der Waals surface area contributed by atoms with Crippen LogP contribution in [0.1, 0.15) is 0 Å². The van der Waals surface area contributed by atoms with Crippen LogP contribution in [-0.4, -0.2) is 9.38 Å². The average molecular weight is 265 g/mol. The fourth-order valence-corrected chi connectivity index (χ4v) is 2.10. The van der Waals surface area contributed by atoms with Crippen molar-refractivity contribution >= 4 is 17.2 Å². The molecule has 0 aliphatic carbocycles. The van der Waals surface area contributed by atoms with E-state index in [1.807, 2.05) is 0 Å². The number of pyridine rings is 1. The second-order valence-electron chi connectivity index (χ2n) is 3.85. The zero-order valence-corrected chi connectivity index (χ0v) is 9.83. The third-order valence-electron chi connectivity index (χ3n) is 2.65. The molecule has 5 heteroatoms. The molecule has 0 spiro atoms. The number of rotatable bonds is 1. The molecular formula is C13H7ClF2N2. The molecule has 0 radical (unpaired) electrons. The first kappa shape index (κ1) is 11.2. The Morgan fingerprint density at radius 3 is 2.56 bits per heavy atom. The van der Waals surface area contributed by atoms with Gasteiger partial charge >= 0.3 is 0 Å². The summed E-state index contributed by atoms with van der Waals surface area (Å²) in [5.74, 6) is -1.25. The highest BCUT2D eigenvalue weighted by atomic mass is 35.5. The lowest BCUT2D eigenvalue weighted by Gasteiger charge is -2.03. The van der Waals surface area contributed by atoms with E-state index in [0.29, 0.717) is 21.9 Å². The zero-order valence-electron chi connectivity index (χ0n) is 9.07. The third kappa shape index (κ3) is 1.75. The summed E-state index contributed by atoms with van der Waals surface area (Å²) in [6.07, 6.45) is 3.28. The summed E-state index contributed by atoms with van der Waals surface area (Å²) in [5, 5.41) is 0.487. The monoisotopic (exact) mass is 264 g/mol. The standard InChI is InChI=1S/C13H7ClF2N2/c14-11-2-1-3-18-12(7-17-13(11)18)8-4-9(15)6-10(16)5-8/h1-7H. The van der Waals surface area contributed by atoms with Crippen molar-refractivity contribution in [3.05, 3.63) is 59.4 Å². The second-order valence-corrected chi connectivity index (χ2v) is 4.26. The van der Waals surface area contributed by atoms with Crippen molar-refractivity contribution in [3.8, 4) is 11.3 Å². The van der Waals surface area contributed by atoms with Gasteiger partial charge in [0.2, 0.25) is 0 Å². The maximum Gasteiger partial charge on any atom is 0.156 e. The summed E-state index contributed by atoms with van der Waals surface area (Å²) in [6, 6.07) is 6.80. The van der Waals surface area contributed by atoms with E-state index >= 15 is 0 Å². The normalized spacial score (nSPS) is 11.1. The van der Waals surface area contributed by atoms with Crippen molar-refractivity contribution in [2.45, 2.75) is 0 Å². The number of hydrogen-bond donors (Lipinski definition) is 0. The van der Waals surface area contributed by atoms with Gasteiger partial charge < -0.3 is 0 Å². The maximum absolute atomic E-state index is 13.2. The highest BCUT2D eigenvalue weighted by molar-refractivity contribution is 6.33. The molecule has 2 heterocycles. The van der Waals surface area contributed by atoms with Crippen LogP contribution in [0.4, 0.5) is 8.78 Å². The Hall–Kier alpha value is -1.94. The Balaban J connectivity index is 2.29. The van der Waals surface area contributed by atoms with Crippen molar-refractivity contribution in [2.75, 3.05) is 0 Å². The summed E-state index contributed by atoms with van der Waals surface area (Å²) in [6.45, 7) is 0. The SMILES string of the molecule is Fc1cc(F)cc(-c2cnc3c(Cl)cccn23)c1. The zero-order chi connectivity index (χ0) is 12.7. The van der Waals surface area contributed by atoms with E-state index in [1.165, 1.54) is 18.3 Å². The molecule has 0 atom stereocenters. The van der Waals surface area contributed by atoms with Gasteiger partial charge in [0, 0.05) is 17.8 Å². The Morgan fingerprint density at radius 2 is 1.83 bits per heavy atom. The molecule has 0 aliphatic rings.